The summed E-state index contributed by atoms with van der Waals surface area (Å²) in [6.07, 6.45) is 11.9. The molecule has 0 fully saturated rings. The Labute approximate surface area is 246 Å². The first-order valence-corrected chi connectivity index (χ1v) is 15.3. The predicted molar refractivity (Wildman–Crippen MR) is 165 cm³/mol. The van der Waals surface area contributed by atoms with Crippen LogP contribution in [0.3, 0.4) is 0 Å². The lowest BCUT2D eigenvalue weighted by Crippen LogP contribution is -2.10. The fourth-order valence-electron chi connectivity index (χ4n) is 4.61. The van der Waals surface area contributed by atoms with Gasteiger partial charge in [-0.3, -0.25) is 4.79 Å². The lowest BCUT2D eigenvalue weighted by Gasteiger charge is -2.14. The smallest absolute Gasteiger partial charge is 0.343 e. The van der Waals surface area contributed by atoms with Gasteiger partial charge in [-0.2, -0.15) is 0 Å². The minimum Gasteiger partial charge on any atom is -0.494 e. The highest BCUT2D eigenvalue weighted by atomic mass is 16.5. The van der Waals surface area contributed by atoms with Crippen LogP contribution in [0, 0.1) is 0 Å². The second-order valence-corrected chi connectivity index (χ2v) is 10.6. The molecule has 5 nitrogen and oxygen atoms in total. The highest BCUT2D eigenvalue weighted by Gasteiger charge is 2.14. The van der Waals surface area contributed by atoms with Gasteiger partial charge in [0.1, 0.15) is 17.6 Å². The van der Waals surface area contributed by atoms with Crippen LogP contribution in [-0.4, -0.2) is 18.5 Å². The van der Waals surface area contributed by atoms with Crippen LogP contribution in [0.1, 0.15) is 113 Å². The number of rotatable bonds is 18. The lowest BCUT2D eigenvalue weighted by molar-refractivity contribution is -0.148. The lowest BCUT2D eigenvalue weighted by atomic mass is 10.1. The SMILES string of the molecule is CCCCCCCCCOc1ccc(-c2ccc(OC(=O)c3ccc([C@@H](C)OC(=O)CCCCC)cc3)cc2)cc1. The number of hydrogen-bond acceptors (Lipinski definition) is 5. The quantitative estimate of drug-likeness (QED) is 0.0883. The zero-order valence-electron chi connectivity index (χ0n) is 25.0. The van der Waals surface area contributed by atoms with E-state index < -0.39 is 5.97 Å². The van der Waals surface area contributed by atoms with Crippen molar-refractivity contribution in [1.29, 1.82) is 0 Å². The largest absolute Gasteiger partial charge is 0.494 e. The van der Waals surface area contributed by atoms with Gasteiger partial charge in [-0.15, -0.1) is 0 Å². The summed E-state index contributed by atoms with van der Waals surface area (Å²) >= 11 is 0. The molecule has 0 heterocycles. The van der Waals surface area contributed by atoms with E-state index in [1.807, 2.05) is 43.3 Å². The second kappa shape index (κ2) is 18.0. The Bertz CT molecular complexity index is 1170. The molecule has 0 bridgehead atoms. The summed E-state index contributed by atoms with van der Waals surface area (Å²) in [4.78, 5) is 24.7. The Morgan fingerprint density at radius 3 is 1.78 bits per heavy atom. The third kappa shape index (κ3) is 11.4. The molecule has 0 radical (unpaired) electrons. The maximum Gasteiger partial charge on any atom is 0.343 e. The highest BCUT2D eigenvalue weighted by molar-refractivity contribution is 5.91. The molecule has 0 amide bonds. The summed E-state index contributed by atoms with van der Waals surface area (Å²) < 4.78 is 17.0. The standard InChI is InChI=1S/C36H46O5/c1-4-6-8-9-10-11-13-27-39-33-23-19-30(20-24-33)31-21-25-34(26-22-31)41-36(38)32-17-15-29(16-18-32)28(3)40-35(37)14-12-7-5-2/h15-26,28H,4-14,27H2,1-3H3/t28-/m1/s1. The molecule has 0 aromatic heterocycles. The summed E-state index contributed by atoms with van der Waals surface area (Å²) in [6, 6.07) is 22.6. The predicted octanol–water partition coefficient (Wildman–Crippen LogP) is 9.89. The Morgan fingerprint density at radius 1 is 0.634 bits per heavy atom. The Morgan fingerprint density at radius 2 is 1.17 bits per heavy atom. The number of carbonyl (C=O) groups excluding carboxylic acids is 2. The molecule has 220 valence electrons. The van der Waals surface area contributed by atoms with Crippen molar-refractivity contribution in [2.45, 2.75) is 97.5 Å². The number of benzene rings is 3. The summed E-state index contributed by atoms with van der Waals surface area (Å²) in [6.45, 7) is 6.93. The van der Waals surface area contributed by atoms with Crippen molar-refractivity contribution in [3.63, 3.8) is 0 Å². The van der Waals surface area contributed by atoms with Crippen molar-refractivity contribution < 1.29 is 23.8 Å². The minimum absolute atomic E-state index is 0.194. The van der Waals surface area contributed by atoms with Crippen molar-refractivity contribution in [2.75, 3.05) is 6.61 Å². The second-order valence-electron chi connectivity index (χ2n) is 10.6. The number of carbonyl (C=O) groups is 2. The van der Waals surface area contributed by atoms with Gasteiger partial charge in [0, 0.05) is 6.42 Å². The third-order valence-electron chi connectivity index (χ3n) is 7.18. The molecule has 3 rings (SSSR count). The van der Waals surface area contributed by atoms with Crippen molar-refractivity contribution in [2.24, 2.45) is 0 Å². The number of hydrogen-bond donors (Lipinski definition) is 0. The van der Waals surface area contributed by atoms with Gasteiger partial charge >= 0.3 is 11.9 Å². The van der Waals surface area contributed by atoms with E-state index >= 15 is 0 Å². The van der Waals surface area contributed by atoms with Crippen LogP contribution < -0.4 is 9.47 Å². The van der Waals surface area contributed by atoms with Crippen LogP contribution in [-0.2, 0) is 9.53 Å². The Balaban J connectivity index is 1.43. The maximum atomic E-state index is 12.7. The normalized spacial score (nSPS) is 11.6. The summed E-state index contributed by atoms with van der Waals surface area (Å²) in [5.74, 6) is 0.736. The van der Waals surface area contributed by atoms with E-state index in [9.17, 15) is 9.59 Å². The van der Waals surface area contributed by atoms with Crippen LogP contribution in [0.2, 0.25) is 0 Å². The van der Waals surface area contributed by atoms with Gasteiger partial charge in [-0.1, -0.05) is 102 Å². The molecule has 0 aliphatic heterocycles. The van der Waals surface area contributed by atoms with E-state index in [2.05, 4.69) is 13.8 Å². The van der Waals surface area contributed by atoms with Gasteiger partial charge in [-0.05, 0) is 72.9 Å². The molecule has 0 aliphatic carbocycles. The number of esters is 2. The fraction of sp³-hybridized carbons (Fsp3) is 0.444. The monoisotopic (exact) mass is 558 g/mol. The van der Waals surface area contributed by atoms with Crippen LogP contribution in [0.5, 0.6) is 11.5 Å². The molecule has 0 spiro atoms. The third-order valence-corrected chi connectivity index (χ3v) is 7.18. The van der Waals surface area contributed by atoms with E-state index in [0.29, 0.717) is 17.7 Å². The molecule has 3 aromatic carbocycles. The molecular weight excluding hydrogens is 512 g/mol. The summed E-state index contributed by atoms with van der Waals surface area (Å²) in [5, 5.41) is 0. The van der Waals surface area contributed by atoms with E-state index in [4.69, 9.17) is 14.2 Å². The van der Waals surface area contributed by atoms with Gasteiger partial charge in [0.15, 0.2) is 0 Å². The first kappa shape index (κ1) is 31.9. The first-order chi connectivity index (χ1) is 20.0. The summed E-state index contributed by atoms with van der Waals surface area (Å²) in [7, 11) is 0. The maximum absolute atomic E-state index is 12.7. The van der Waals surface area contributed by atoms with Gasteiger partial charge in [-0.25, -0.2) is 4.79 Å². The highest BCUT2D eigenvalue weighted by Crippen LogP contribution is 2.26. The molecule has 0 saturated heterocycles. The topological polar surface area (TPSA) is 61.8 Å². The molecule has 41 heavy (non-hydrogen) atoms. The van der Waals surface area contributed by atoms with Crippen LogP contribution >= 0.6 is 0 Å². The Kier molecular flexibility index (Phi) is 14.0. The van der Waals surface area contributed by atoms with Crippen molar-refractivity contribution in [3.8, 4) is 22.6 Å². The number of unbranched alkanes of at least 4 members (excludes halogenated alkanes) is 8. The van der Waals surface area contributed by atoms with Crippen molar-refractivity contribution >= 4 is 11.9 Å². The van der Waals surface area contributed by atoms with E-state index in [-0.39, 0.29) is 12.1 Å². The van der Waals surface area contributed by atoms with E-state index in [0.717, 1.165) is 54.7 Å². The molecule has 0 N–H and O–H groups in total. The van der Waals surface area contributed by atoms with Gasteiger partial charge < -0.3 is 14.2 Å². The van der Waals surface area contributed by atoms with Gasteiger partial charge in [0.2, 0.25) is 0 Å². The fourth-order valence-corrected chi connectivity index (χ4v) is 4.61. The zero-order valence-corrected chi connectivity index (χ0v) is 25.0. The van der Waals surface area contributed by atoms with Crippen LogP contribution in [0.4, 0.5) is 0 Å². The average molecular weight is 559 g/mol. The van der Waals surface area contributed by atoms with E-state index in [1.54, 1.807) is 36.4 Å². The van der Waals surface area contributed by atoms with Gasteiger partial charge in [0.05, 0.1) is 12.2 Å². The molecular formula is C36H46O5. The molecule has 0 unspecified atom stereocenters. The van der Waals surface area contributed by atoms with Crippen LogP contribution in [0.15, 0.2) is 72.8 Å². The zero-order chi connectivity index (χ0) is 29.3. The first-order valence-electron chi connectivity index (χ1n) is 15.3. The van der Waals surface area contributed by atoms with E-state index in [1.165, 1.54) is 38.5 Å². The van der Waals surface area contributed by atoms with Crippen molar-refractivity contribution in [3.05, 3.63) is 83.9 Å². The Hall–Kier alpha value is -3.60. The molecule has 0 aliphatic rings. The summed E-state index contributed by atoms with van der Waals surface area (Å²) in [5.41, 5.74) is 3.38. The van der Waals surface area contributed by atoms with Crippen LogP contribution in [0.25, 0.3) is 11.1 Å². The molecule has 5 heteroatoms. The molecule has 3 aromatic rings. The minimum atomic E-state index is -0.434. The van der Waals surface area contributed by atoms with Gasteiger partial charge in [0.25, 0.3) is 0 Å². The molecule has 1 atom stereocenters. The molecule has 0 saturated carbocycles. The van der Waals surface area contributed by atoms with Crippen molar-refractivity contribution in [1.82, 2.24) is 0 Å². The number of ether oxygens (including phenoxy) is 3. The average Bonchev–Trinajstić information content (AvgIpc) is 2.99.